The van der Waals surface area contributed by atoms with E-state index in [1.807, 2.05) is 6.07 Å². The smallest absolute Gasteiger partial charge is 0.235 e. The Hall–Kier alpha value is -0.870. The van der Waals surface area contributed by atoms with Gasteiger partial charge in [-0.05, 0) is 17.9 Å². The second kappa shape index (κ2) is 5.46. The van der Waals surface area contributed by atoms with Gasteiger partial charge >= 0.3 is 0 Å². The summed E-state index contributed by atoms with van der Waals surface area (Å²) in [6.45, 7) is 3.76. The van der Waals surface area contributed by atoms with E-state index >= 15 is 0 Å². The molecule has 0 aromatic carbocycles. The summed E-state index contributed by atoms with van der Waals surface area (Å²) in [6.07, 6.45) is 3.75. The van der Waals surface area contributed by atoms with E-state index < -0.39 is 0 Å². The third-order valence-electron chi connectivity index (χ3n) is 2.87. The third-order valence-corrected chi connectivity index (χ3v) is 3.80. The molecule has 0 unspecified atom stereocenters. The molecule has 16 heavy (non-hydrogen) atoms. The van der Waals surface area contributed by atoms with Crippen molar-refractivity contribution in [2.24, 2.45) is 0 Å². The van der Waals surface area contributed by atoms with Crippen molar-refractivity contribution in [3.05, 3.63) is 22.4 Å². The van der Waals surface area contributed by atoms with Crippen LogP contribution in [0.15, 0.2) is 17.5 Å². The third kappa shape index (κ3) is 2.62. The van der Waals surface area contributed by atoms with E-state index in [0.29, 0.717) is 6.54 Å². The molecular weight excluding hydrogens is 220 g/mol. The van der Waals surface area contributed by atoms with E-state index in [9.17, 15) is 4.79 Å². The molecule has 0 aliphatic carbocycles. The Balaban J connectivity index is 1.96. The highest BCUT2D eigenvalue weighted by Gasteiger charge is 2.30. The predicted molar refractivity (Wildman–Crippen MR) is 66.3 cm³/mol. The van der Waals surface area contributed by atoms with E-state index in [1.165, 1.54) is 24.1 Å². The molecule has 2 heterocycles. The molecule has 0 saturated carbocycles. The van der Waals surface area contributed by atoms with Gasteiger partial charge in [0.2, 0.25) is 5.91 Å². The van der Waals surface area contributed by atoms with Gasteiger partial charge in [-0.3, -0.25) is 9.69 Å². The zero-order valence-corrected chi connectivity index (χ0v) is 10.4. The fourth-order valence-corrected chi connectivity index (χ4v) is 2.84. The van der Waals surface area contributed by atoms with Crippen molar-refractivity contribution in [2.45, 2.75) is 32.4 Å². The van der Waals surface area contributed by atoms with Crippen LogP contribution >= 0.6 is 11.3 Å². The van der Waals surface area contributed by atoms with Gasteiger partial charge in [0.05, 0.1) is 6.54 Å². The highest BCUT2D eigenvalue weighted by atomic mass is 32.1. The Morgan fingerprint density at radius 1 is 1.56 bits per heavy atom. The molecule has 1 amide bonds. The molecule has 1 atom stereocenters. The molecule has 0 radical (unpaired) electrons. The summed E-state index contributed by atoms with van der Waals surface area (Å²) in [7, 11) is 0. The lowest BCUT2D eigenvalue weighted by Crippen LogP contribution is -2.27. The molecule has 0 bridgehead atoms. The average molecular weight is 238 g/mol. The van der Waals surface area contributed by atoms with Gasteiger partial charge in [0.25, 0.3) is 0 Å². The number of nitrogens with zero attached hydrogens (tertiary/aromatic N) is 1. The van der Waals surface area contributed by atoms with Crippen LogP contribution in [0, 0.1) is 0 Å². The van der Waals surface area contributed by atoms with Crippen LogP contribution in [0.3, 0.4) is 0 Å². The summed E-state index contributed by atoms with van der Waals surface area (Å²) in [6, 6.07) is 4.13. The maximum absolute atomic E-state index is 11.4. The van der Waals surface area contributed by atoms with Crippen LogP contribution in [0.4, 0.5) is 0 Å². The lowest BCUT2D eigenvalue weighted by molar-refractivity contribution is -0.118. The fourth-order valence-electron chi connectivity index (χ4n) is 2.04. The molecule has 88 valence electrons. The van der Waals surface area contributed by atoms with Crippen molar-refractivity contribution in [1.29, 1.82) is 0 Å². The molecule has 1 N–H and O–H groups in total. The van der Waals surface area contributed by atoms with Crippen molar-refractivity contribution in [1.82, 2.24) is 10.2 Å². The number of unbranched alkanes of at least 4 members (excludes halogenated alkanes) is 2. The highest BCUT2D eigenvalue weighted by Crippen LogP contribution is 2.26. The summed E-state index contributed by atoms with van der Waals surface area (Å²) < 4.78 is 0. The summed E-state index contributed by atoms with van der Waals surface area (Å²) >= 11 is 1.71. The molecule has 3 nitrogen and oxygen atoms in total. The van der Waals surface area contributed by atoms with Crippen LogP contribution in [0.25, 0.3) is 0 Å². The first-order valence-corrected chi connectivity index (χ1v) is 6.76. The first kappa shape index (κ1) is 11.6. The molecule has 1 aliphatic rings. The lowest BCUT2D eigenvalue weighted by Gasteiger charge is -2.21. The number of carbonyl (C=O) groups is 1. The number of rotatable bonds is 5. The topological polar surface area (TPSA) is 32.3 Å². The van der Waals surface area contributed by atoms with Gasteiger partial charge in [-0.1, -0.05) is 25.8 Å². The largest absolute Gasteiger partial charge is 0.335 e. The van der Waals surface area contributed by atoms with Gasteiger partial charge in [0.15, 0.2) is 0 Å². The Kier molecular flexibility index (Phi) is 3.96. The molecule has 1 fully saturated rings. The molecule has 4 heteroatoms. The summed E-state index contributed by atoms with van der Waals surface area (Å²) in [4.78, 5) is 14.9. The van der Waals surface area contributed by atoms with E-state index in [0.717, 1.165) is 6.54 Å². The normalized spacial score (nSPS) is 21.3. The second-order valence-electron chi connectivity index (χ2n) is 4.16. The summed E-state index contributed by atoms with van der Waals surface area (Å²) in [5.74, 6) is 0.148. The molecule has 1 aromatic heterocycles. The van der Waals surface area contributed by atoms with E-state index in [4.69, 9.17) is 0 Å². The molecule has 0 spiro atoms. The van der Waals surface area contributed by atoms with Crippen LogP contribution in [0.2, 0.25) is 0 Å². The average Bonchev–Trinajstić information content (AvgIpc) is 2.87. The minimum atomic E-state index is 0.115. The fraction of sp³-hybridized carbons (Fsp3) is 0.583. The number of thiophene rings is 1. The first-order chi connectivity index (χ1) is 7.81. The van der Waals surface area contributed by atoms with Gasteiger partial charge in [-0.15, -0.1) is 11.3 Å². The molecular formula is C12H18N2OS. The predicted octanol–water partition coefficient (Wildman–Crippen LogP) is 2.37. The first-order valence-electron chi connectivity index (χ1n) is 5.88. The van der Waals surface area contributed by atoms with Gasteiger partial charge < -0.3 is 5.32 Å². The molecule has 1 aliphatic heterocycles. The molecule has 1 saturated heterocycles. The van der Waals surface area contributed by atoms with E-state index in [1.54, 1.807) is 11.3 Å². The maximum Gasteiger partial charge on any atom is 0.235 e. The Bertz CT molecular complexity index is 337. The van der Waals surface area contributed by atoms with Gasteiger partial charge in [0.1, 0.15) is 6.17 Å². The number of hydrogen-bond donors (Lipinski definition) is 1. The highest BCUT2D eigenvalue weighted by molar-refractivity contribution is 7.10. The second-order valence-corrected chi connectivity index (χ2v) is 5.14. The van der Waals surface area contributed by atoms with Crippen molar-refractivity contribution >= 4 is 17.2 Å². The number of carbonyl (C=O) groups excluding carboxylic acids is 1. The van der Waals surface area contributed by atoms with Gasteiger partial charge in [0, 0.05) is 11.4 Å². The van der Waals surface area contributed by atoms with Crippen LogP contribution in [-0.2, 0) is 4.79 Å². The molecule has 1 aromatic rings. The minimum Gasteiger partial charge on any atom is -0.335 e. The monoisotopic (exact) mass is 238 g/mol. The SMILES string of the molecule is CCCCCN1CC(=O)N[C@H]1c1cccs1. The lowest BCUT2D eigenvalue weighted by atomic mass is 10.2. The zero-order chi connectivity index (χ0) is 11.4. The number of hydrogen-bond acceptors (Lipinski definition) is 3. The summed E-state index contributed by atoms with van der Waals surface area (Å²) in [5.41, 5.74) is 0. The van der Waals surface area contributed by atoms with Crippen molar-refractivity contribution < 1.29 is 4.79 Å². The van der Waals surface area contributed by atoms with Crippen molar-refractivity contribution in [3.63, 3.8) is 0 Å². The van der Waals surface area contributed by atoms with Crippen molar-refractivity contribution in [3.8, 4) is 0 Å². The number of nitrogens with one attached hydrogen (secondary N) is 1. The Morgan fingerprint density at radius 3 is 3.12 bits per heavy atom. The van der Waals surface area contributed by atoms with Crippen LogP contribution < -0.4 is 5.32 Å². The van der Waals surface area contributed by atoms with E-state index in [-0.39, 0.29) is 12.1 Å². The van der Waals surface area contributed by atoms with Crippen molar-refractivity contribution in [2.75, 3.05) is 13.1 Å². The standard InChI is InChI=1S/C12H18N2OS/c1-2-3-4-7-14-9-11(15)13-12(14)10-6-5-8-16-10/h5-6,8,12H,2-4,7,9H2,1H3,(H,13,15)/t12-/m1/s1. The minimum absolute atomic E-state index is 0.115. The maximum atomic E-state index is 11.4. The number of amides is 1. The Morgan fingerprint density at radius 2 is 2.44 bits per heavy atom. The van der Waals surface area contributed by atoms with E-state index in [2.05, 4.69) is 28.6 Å². The van der Waals surface area contributed by atoms with Crippen LogP contribution in [0.1, 0.15) is 37.2 Å². The summed E-state index contributed by atoms with van der Waals surface area (Å²) in [5, 5.41) is 5.09. The quantitative estimate of drug-likeness (QED) is 0.799. The van der Waals surface area contributed by atoms with Crippen LogP contribution in [-0.4, -0.2) is 23.9 Å². The Labute approximate surface area is 100 Å². The van der Waals surface area contributed by atoms with Gasteiger partial charge in [-0.25, -0.2) is 0 Å². The van der Waals surface area contributed by atoms with Gasteiger partial charge in [-0.2, -0.15) is 0 Å². The molecule has 2 rings (SSSR count). The van der Waals surface area contributed by atoms with Crippen LogP contribution in [0.5, 0.6) is 0 Å². The zero-order valence-electron chi connectivity index (χ0n) is 9.61.